The van der Waals surface area contributed by atoms with E-state index >= 15 is 0 Å². The maximum Gasteiger partial charge on any atom is 0.139 e. The molecule has 0 saturated heterocycles. The van der Waals surface area contributed by atoms with Crippen LogP contribution in [0.3, 0.4) is 0 Å². The summed E-state index contributed by atoms with van der Waals surface area (Å²) in [5, 5.41) is 3.95. The van der Waals surface area contributed by atoms with Gasteiger partial charge in [0.1, 0.15) is 22.3 Å². The van der Waals surface area contributed by atoms with Crippen LogP contribution in [0.4, 0.5) is 0 Å². The first-order valence-electron chi connectivity index (χ1n) is 24.2. The Labute approximate surface area is 417 Å². The van der Waals surface area contributed by atoms with Crippen molar-refractivity contribution in [1.82, 2.24) is 24.5 Å². The minimum Gasteiger partial charge on any atom is -0.500 e. The molecule has 68 heavy (non-hydrogen) atoms. The summed E-state index contributed by atoms with van der Waals surface area (Å²) < 4.78 is 40.9. The molecule has 0 unspecified atom stereocenters. The van der Waals surface area contributed by atoms with E-state index in [1.54, 1.807) is 0 Å². The van der Waals surface area contributed by atoms with Gasteiger partial charge in [-0.1, -0.05) is 108 Å². The molecule has 339 valence electrons. The molecule has 12 aromatic rings. The third-order valence-corrected chi connectivity index (χ3v) is 13.3. The fraction of sp³-hybridized carbons (Fsp3) is 0.186. The first kappa shape index (κ1) is 41.4. The number of hydrogen-bond donors (Lipinski definition) is 0. The molecule has 5 aromatic heterocycles. The summed E-state index contributed by atoms with van der Waals surface area (Å²) in [6, 6.07) is 51.4. The second-order valence-corrected chi connectivity index (χ2v) is 19.7. The van der Waals surface area contributed by atoms with Gasteiger partial charge in [-0.05, 0) is 89.5 Å². The summed E-state index contributed by atoms with van der Waals surface area (Å²) in [4.78, 5) is 19.0. The van der Waals surface area contributed by atoms with Crippen molar-refractivity contribution >= 4 is 76.5 Å². The van der Waals surface area contributed by atoms with Crippen LogP contribution in [0, 0.1) is 19.0 Å². The topological polar surface area (TPSA) is 82.8 Å². The zero-order chi connectivity index (χ0) is 48.6. The molecule has 0 saturated carbocycles. The standard InChI is InChI=1S/C45H34N3O2S.C14H15N2.Ir/c1-24(2)33-22-28(27-12-7-6-8-13-27)23-34(25(3)4)41(33)48-42-35(19-21-38-40(42)46-26(5)51-38)47-45(48)32-16-11-15-29-30-18-20-37-39(44(30)50-43(29)32)31-14-9-10-17-36(31)49-37;1-14(2,3)12-9-10-15-13(16-12)11-7-5-4-6-8-11;/h6-15,17-25H,1-5H3;4-7,9-10H,1-3H3;/q2*-1;/i5D3;;. The zero-order valence-electron chi connectivity index (χ0n) is 41.7. The Hall–Kier alpha value is -6.77. The number of benzene rings is 7. The van der Waals surface area contributed by atoms with Gasteiger partial charge in [-0.3, -0.25) is 15.0 Å². The van der Waals surface area contributed by atoms with Gasteiger partial charge in [-0.2, -0.15) is 0 Å². The van der Waals surface area contributed by atoms with Gasteiger partial charge in [0.2, 0.25) is 0 Å². The summed E-state index contributed by atoms with van der Waals surface area (Å²) in [6.07, 6.45) is 1.81. The van der Waals surface area contributed by atoms with Crippen molar-refractivity contribution in [3.8, 4) is 39.6 Å². The van der Waals surface area contributed by atoms with Gasteiger partial charge in [0, 0.05) is 58.0 Å². The molecule has 0 fully saturated rings. The van der Waals surface area contributed by atoms with Crippen LogP contribution in [-0.2, 0) is 25.5 Å². The summed E-state index contributed by atoms with van der Waals surface area (Å²) in [6.45, 7) is 13.0. The third-order valence-electron chi connectivity index (χ3n) is 12.5. The number of hydrogen-bond acceptors (Lipinski definition) is 7. The number of aromatic nitrogens is 5. The molecule has 0 atom stereocenters. The smallest absolute Gasteiger partial charge is 0.139 e. The average Bonchev–Trinajstić information content (AvgIpc) is 4.15. The van der Waals surface area contributed by atoms with E-state index in [1.807, 2.05) is 91.1 Å². The van der Waals surface area contributed by atoms with Gasteiger partial charge in [-0.25, -0.2) is 4.98 Å². The molecule has 5 heterocycles. The van der Waals surface area contributed by atoms with E-state index in [2.05, 4.69) is 124 Å². The summed E-state index contributed by atoms with van der Waals surface area (Å²) in [5.41, 5.74) is 13.4. The van der Waals surface area contributed by atoms with E-state index in [1.165, 1.54) is 11.3 Å². The van der Waals surface area contributed by atoms with E-state index in [4.69, 9.17) is 22.9 Å². The van der Waals surface area contributed by atoms with Crippen molar-refractivity contribution in [3.05, 3.63) is 174 Å². The first-order valence-corrected chi connectivity index (χ1v) is 23.5. The van der Waals surface area contributed by atoms with Crippen LogP contribution in [0.2, 0.25) is 0 Å². The Balaban J connectivity index is 0.000000292. The Morgan fingerprint density at radius 2 is 1.43 bits per heavy atom. The number of imidazole rings is 1. The zero-order valence-corrected chi connectivity index (χ0v) is 41.9. The van der Waals surface area contributed by atoms with E-state index in [9.17, 15) is 0 Å². The quantitative estimate of drug-likeness (QED) is 0.154. The number of thiazole rings is 1. The van der Waals surface area contributed by atoms with Crippen molar-refractivity contribution < 1.29 is 33.1 Å². The van der Waals surface area contributed by atoms with Crippen LogP contribution in [0.15, 0.2) is 148 Å². The monoisotopic (exact) mass is 1090 g/mol. The van der Waals surface area contributed by atoms with Crippen LogP contribution in [0.1, 0.15) is 86.2 Å². The fourth-order valence-corrected chi connectivity index (χ4v) is 9.88. The largest absolute Gasteiger partial charge is 0.500 e. The van der Waals surface area contributed by atoms with Crippen molar-refractivity contribution in [2.24, 2.45) is 0 Å². The minimum absolute atomic E-state index is 0. The fourth-order valence-electron chi connectivity index (χ4n) is 9.16. The van der Waals surface area contributed by atoms with Crippen molar-refractivity contribution in [1.29, 1.82) is 0 Å². The summed E-state index contributed by atoms with van der Waals surface area (Å²) in [5.74, 6) is 1.66. The van der Waals surface area contributed by atoms with Crippen LogP contribution in [-0.4, -0.2) is 24.5 Å². The molecule has 1 radical (unpaired) electrons. The number of furan rings is 2. The van der Waals surface area contributed by atoms with E-state index in [0.717, 1.165) is 93.5 Å². The minimum atomic E-state index is -2.34. The maximum atomic E-state index is 8.23. The average molecular weight is 1090 g/mol. The van der Waals surface area contributed by atoms with Crippen LogP contribution in [0.5, 0.6) is 0 Å². The molecule has 0 aliphatic carbocycles. The second-order valence-electron chi connectivity index (χ2n) is 18.7. The molecule has 9 heteroatoms. The Kier molecular flexibility index (Phi) is 10.8. The number of nitrogens with zero attached hydrogens (tertiary/aromatic N) is 5. The molecule has 7 nitrogen and oxygen atoms in total. The van der Waals surface area contributed by atoms with Gasteiger partial charge >= 0.3 is 0 Å². The van der Waals surface area contributed by atoms with Crippen molar-refractivity contribution in [3.63, 3.8) is 0 Å². The van der Waals surface area contributed by atoms with Gasteiger partial charge in [0.05, 0.1) is 43.4 Å². The third kappa shape index (κ3) is 7.82. The van der Waals surface area contributed by atoms with Gasteiger partial charge in [-0.15, -0.1) is 65.4 Å². The molecule has 7 aromatic carbocycles. The first-order chi connectivity index (χ1) is 33.6. The maximum absolute atomic E-state index is 8.23. The summed E-state index contributed by atoms with van der Waals surface area (Å²) >= 11 is 1.21. The van der Waals surface area contributed by atoms with E-state index < -0.39 is 6.85 Å². The van der Waals surface area contributed by atoms with Crippen LogP contribution in [0.25, 0.3) is 105 Å². The predicted octanol–water partition coefficient (Wildman–Crippen LogP) is 16.4. The van der Waals surface area contributed by atoms with Gasteiger partial charge in [0.25, 0.3) is 0 Å². The molecule has 0 bridgehead atoms. The molecular formula is C59H49IrN5O2S-2. The van der Waals surface area contributed by atoms with E-state index in [-0.39, 0.29) is 42.4 Å². The molecule has 0 N–H and O–H groups in total. The number of rotatable bonds is 6. The van der Waals surface area contributed by atoms with E-state index in [0.29, 0.717) is 28.0 Å². The Morgan fingerprint density at radius 3 is 2.16 bits per heavy atom. The molecule has 0 aliphatic rings. The Morgan fingerprint density at radius 1 is 0.676 bits per heavy atom. The summed E-state index contributed by atoms with van der Waals surface area (Å²) in [7, 11) is 0. The van der Waals surface area contributed by atoms with Crippen molar-refractivity contribution in [2.75, 3.05) is 0 Å². The molecule has 0 amide bonds. The normalized spacial score (nSPS) is 12.8. The number of aryl methyl sites for hydroxylation is 1. The van der Waals surface area contributed by atoms with Crippen LogP contribution >= 0.6 is 11.3 Å². The SMILES string of the molecule is CC(C)(C)c1ccnc(-c2[c-]cccc2)n1.[2H]C([2H])([2H])c1nc2c(ccc3nc(-c4[c-]ccc5c4oc4c5ccc5oc6ccccc6c54)n(-c4c(C(C)C)cc(-c5ccccc5)cc4C(C)C)c32)s1.[Ir]. The molecule has 12 rings (SSSR count). The molecule has 0 spiro atoms. The number of fused-ring (bicyclic) bond motifs is 10. The Bertz CT molecular complexity index is 3910. The second kappa shape index (κ2) is 17.7. The predicted molar refractivity (Wildman–Crippen MR) is 276 cm³/mol. The van der Waals surface area contributed by atoms with Crippen molar-refractivity contribution in [2.45, 2.75) is 72.6 Å². The van der Waals surface area contributed by atoms with Gasteiger partial charge in [0.15, 0.2) is 0 Å². The molecule has 0 aliphatic heterocycles. The van der Waals surface area contributed by atoms with Gasteiger partial charge < -0.3 is 13.4 Å². The molecular weight excluding hydrogens is 1030 g/mol. The van der Waals surface area contributed by atoms with Crippen LogP contribution < -0.4 is 0 Å². The number of para-hydroxylation sites is 1.